The molecule has 1 aliphatic heterocycles. The van der Waals surface area contributed by atoms with E-state index in [1.54, 1.807) is 36.1 Å². The number of aromatic nitrogens is 1. The van der Waals surface area contributed by atoms with Crippen LogP contribution in [0, 0.1) is 18.3 Å². The van der Waals surface area contributed by atoms with Gasteiger partial charge in [0, 0.05) is 23.9 Å². The molecule has 0 spiro atoms. The maximum absolute atomic E-state index is 13.3. The highest BCUT2D eigenvalue weighted by Gasteiger charge is 2.37. The van der Waals surface area contributed by atoms with E-state index in [0.29, 0.717) is 57.2 Å². The van der Waals surface area contributed by atoms with Gasteiger partial charge in [0.2, 0.25) is 5.91 Å². The van der Waals surface area contributed by atoms with Gasteiger partial charge >= 0.3 is 0 Å². The second-order valence-corrected chi connectivity index (χ2v) is 10.3. The maximum atomic E-state index is 13.3. The van der Waals surface area contributed by atoms with Crippen LogP contribution in [0.1, 0.15) is 50.2 Å². The molecule has 7 nitrogen and oxygen atoms in total. The van der Waals surface area contributed by atoms with Gasteiger partial charge in [-0.2, -0.15) is 0 Å². The first-order valence-corrected chi connectivity index (χ1v) is 12.1. The second kappa shape index (κ2) is 9.74. The standard InChI is InChI=1S/C27H30ClN3O4/c1-16(2)12-13-31-21-11-10-18(14-22(21)34-15-27(4,5)26(31)33)29-25(32)23-17(3)35-30-24(23)19-8-6-7-9-20(19)28/h6-11,14,16H,12-13,15H2,1-5H3,(H,29,32). The molecule has 2 heterocycles. The summed E-state index contributed by atoms with van der Waals surface area (Å²) in [5.41, 5.74) is 1.88. The van der Waals surface area contributed by atoms with Gasteiger partial charge in [-0.05, 0) is 51.3 Å². The highest BCUT2D eigenvalue weighted by atomic mass is 35.5. The highest BCUT2D eigenvalue weighted by Crippen LogP contribution is 2.39. The van der Waals surface area contributed by atoms with Crippen LogP contribution in [-0.2, 0) is 4.79 Å². The minimum absolute atomic E-state index is 0.0261. The molecular formula is C27H30ClN3O4. The molecule has 1 aliphatic rings. The number of nitrogens with one attached hydrogen (secondary N) is 1. The summed E-state index contributed by atoms with van der Waals surface area (Å²) in [6.45, 7) is 10.6. The second-order valence-electron chi connectivity index (χ2n) is 9.89. The van der Waals surface area contributed by atoms with Crippen LogP contribution in [0.15, 0.2) is 47.0 Å². The van der Waals surface area contributed by atoms with E-state index in [-0.39, 0.29) is 18.4 Å². The third-order valence-corrected chi connectivity index (χ3v) is 6.40. The number of fused-ring (bicyclic) bond motifs is 1. The lowest BCUT2D eigenvalue weighted by Crippen LogP contribution is -2.42. The van der Waals surface area contributed by atoms with Crippen LogP contribution in [0.5, 0.6) is 5.75 Å². The van der Waals surface area contributed by atoms with Gasteiger partial charge < -0.3 is 19.5 Å². The van der Waals surface area contributed by atoms with E-state index in [2.05, 4.69) is 24.3 Å². The van der Waals surface area contributed by atoms with Gasteiger partial charge in [0.25, 0.3) is 5.91 Å². The fraction of sp³-hybridized carbons (Fsp3) is 0.370. The molecule has 0 fully saturated rings. The zero-order chi connectivity index (χ0) is 25.3. The molecule has 8 heteroatoms. The molecule has 1 N–H and O–H groups in total. The van der Waals surface area contributed by atoms with Crippen molar-refractivity contribution in [3.63, 3.8) is 0 Å². The van der Waals surface area contributed by atoms with Crippen molar-refractivity contribution < 1.29 is 18.8 Å². The van der Waals surface area contributed by atoms with Crippen LogP contribution in [0.25, 0.3) is 11.3 Å². The lowest BCUT2D eigenvalue weighted by molar-refractivity contribution is -0.127. The van der Waals surface area contributed by atoms with E-state index in [1.807, 2.05) is 32.0 Å². The summed E-state index contributed by atoms with van der Waals surface area (Å²) in [6, 6.07) is 12.5. The Labute approximate surface area is 210 Å². The molecule has 0 atom stereocenters. The van der Waals surface area contributed by atoms with E-state index in [4.69, 9.17) is 20.9 Å². The number of amides is 2. The molecule has 35 heavy (non-hydrogen) atoms. The van der Waals surface area contributed by atoms with E-state index >= 15 is 0 Å². The number of aryl methyl sites for hydroxylation is 1. The highest BCUT2D eigenvalue weighted by molar-refractivity contribution is 6.33. The summed E-state index contributed by atoms with van der Waals surface area (Å²) in [5.74, 6) is 1.05. The molecule has 0 bridgehead atoms. The predicted octanol–water partition coefficient (Wildman–Crippen LogP) is 6.35. The first-order valence-electron chi connectivity index (χ1n) is 11.7. The number of ether oxygens (including phenoxy) is 1. The Hall–Kier alpha value is -3.32. The SMILES string of the molecule is Cc1onc(-c2ccccc2Cl)c1C(=O)Nc1ccc2c(c1)OCC(C)(C)C(=O)N2CCC(C)C. The summed E-state index contributed by atoms with van der Waals surface area (Å²) >= 11 is 6.33. The van der Waals surface area contributed by atoms with Gasteiger partial charge in [0.15, 0.2) is 0 Å². The number of rotatable bonds is 6. The lowest BCUT2D eigenvalue weighted by atomic mass is 9.92. The molecule has 1 aromatic heterocycles. The van der Waals surface area contributed by atoms with Gasteiger partial charge in [0.05, 0.1) is 16.1 Å². The summed E-state index contributed by atoms with van der Waals surface area (Å²) in [4.78, 5) is 28.3. The molecule has 0 aliphatic carbocycles. The maximum Gasteiger partial charge on any atom is 0.261 e. The first-order chi connectivity index (χ1) is 16.6. The van der Waals surface area contributed by atoms with Crippen molar-refractivity contribution in [2.24, 2.45) is 11.3 Å². The van der Waals surface area contributed by atoms with E-state index in [0.717, 1.165) is 6.42 Å². The topological polar surface area (TPSA) is 84.7 Å². The normalized spacial score (nSPS) is 14.9. The Kier molecular flexibility index (Phi) is 6.90. The molecule has 0 saturated carbocycles. The molecule has 0 radical (unpaired) electrons. The summed E-state index contributed by atoms with van der Waals surface area (Å²) in [5, 5.41) is 7.46. The Morgan fingerprint density at radius 1 is 1.23 bits per heavy atom. The van der Waals surface area contributed by atoms with Crippen LogP contribution >= 0.6 is 11.6 Å². The molecule has 0 unspecified atom stereocenters. The Morgan fingerprint density at radius 2 is 1.97 bits per heavy atom. The van der Waals surface area contributed by atoms with Gasteiger partial charge in [-0.25, -0.2) is 0 Å². The molecule has 4 rings (SSSR count). The number of hydrogen-bond donors (Lipinski definition) is 1. The summed E-state index contributed by atoms with van der Waals surface area (Å²) in [6.07, 6.45) is 0.872. The molecular weight excluding hydrogens is 466 g/mol. The van der Waals surface area contributed by atoms with Crippen LogP contribution in [0.2, 0.25) is 5.02 Å². The van der Waals surface area contributed by atoms with Crippen molar-refractivity contribution in [1.29, 1.82) is 0 Å². The van der Waals surface area contributed by atoms with Crippen LogP contribution in [0.3, 0.4) is 0 Å². The largest absolute Gasteiger partial charge is 0.490 e. The number of benzene rings is 2. The van der Waals surface area contributed by atoms with Crippen LogP contribution in [-0.4, -0.2) is 30.1 Å². The number of anilines is 2. The predicted molar refractivity (Wildman–Crippen MR) is 137 cm³/mol. The third kappa shape index (κ3) is 5.05. The summed E-state index contributed by atoms with van der Waals surface area (Å²) in [7, 11) is 0. The van der Waals surface area contributed by atoms with Crippen molar-refractivity contribution in [2.45, 2.75) is 41.0 Å². The first kappa shape index (κ1) is 24.8. The fourth-order valence-electron chi connectivity index (χ4n) is 4.00. The number of halogens is 1. The van der Waals surface area contributed by atoms with E-state index in [9.17, 15) is 9.59 Å². The number of carbonyl (C=O) groups is 2. The van der Waals surface area contributed by atoms with E-state index < -0.39 is 5.41 Å². The fourth-order valence-corrected chi connectivity index (χ4v) is 4.23. The lowest BCUT2D eigenvalue weighted by Gasteiger charge is -2.28. The molecule has 0 saturated heterocycles. The Bertz CT molecular complexity index is 1270. The van der Waals surface area contributed by atoms with Gasteiger partial charge in [-0.1, -0.05) is 48.8 Å². The molecule has 3 aromatic rings. The smallest absolute Gasteiger partial charge is 0.261 e. The number of hydrogen-bond acceptors (Lipinski definition) is 5. The Morgan fingerprint density at radius 3 is 2.69 bits per heavy atom. The van der Waals surface area contributed by atoms with Gasteiger partial charge in [-0.3, -0.25) is 9.59 Å². The van der Waals surface area contributed by atoms with E-state index in [1.165, 1.54) is 0 Å². The minimum Gasteiger partial charge on any atom is -0.490 e. The average molecular weight is 496 g/mol. The zero-order valence-corrected chi connectivity index (χ0v) is 21.4. The van der Waals surface area contributed by atoms with Crippen molar-refractivity contribution in [2.75, 3.05) is 23.4 Å². The summed E-state index contributed by atoms with van der Waals surface area (Å²) < 4.78 is 11.4. The number of carbonyl (C=O) groups excluding carboxylic acids is 2. The monoisotopic (exact) mass is 495 g/mol. The van der Waals surface area contributed by atoms with Gasteiger partial charge in [-0.15, -0.1) is 0 Å². The molecule has 2 aromatic carbocycles. The van der Waals surface area contributed by atoms with Crippen LogP contribution in [0.4, 0.5) is 11.4 Å². The van der Waals surface area contributed by atoms with Crippen LogP contribution < -0.4 is 15.0 Å². The minimum atomic E-state index is -0.664. The van der Waals surface area contributed by atoms with Crippen molar-refractivity contribution >= 4 is 34.8 Å². The van der Waals surface area contributed by atoms with Gasteiger partial charge in [0.1, 0.15) is 29.4 Å². The average Bonchev–Trinajstić information content (AvgIpc) is 3.16. The Balaban J connectivity index is 1.64. The zero-order valence-electron chi connectivity index (χ0n) is 20.6. The van der Waals surface area contributed by atoms with Crippen molar-refractivity contribution in [3.8, 4) is 17.0 Å². The molecule has 184 valence electrons. The van der Waals surface area contributed by atoms with Crippen molar-refractivity contribution in [1.82, 2.24) is 5.16 Å². The molecule has 2 amide bonds. The number of nitrogens with zero attached hydrogens (tertiary/aromatic N) is 2. The third-order valence-electron chi connectivity index (χ3n) is 6.07. The van der Waals surface area contributed by atoms with Crippen molar-refractivity contribution in [3.05, 3.63) is 58.8 Å². The quantitative estimate of drug-likeness (QED) is 0.430.